The van der Waals surface area contributed by atoms with Gasteiger partial charge in [-0.1, -0.05) is 168 Å². The van der Waals surface area contributed by atoms with Gasteiger partial charge < -0.3 is 20.4 Å². The van der Waals surface area contributed by atoms with E-state index in [1.165, 1.54) is 148 Å². The zero-order chi connectivity index (χ0) is 29.3. The maximum atomic E-state index is 10.4. The topological polar surface area (TPSA) is 98.0 Å². The smallest absolute Gasteiger partial charge is 0.303 e. The van der Waals surface area contributed by atoms with Crippen molar-refractivity contribution in [1.29, 1.82) is 0 Å². The molecule has 0 aromatic rings. The summed E-state index contributed by atoms with van der Waals surface area (Å²) < 4.78 is 0. The zero-order valence-corrected chi connectivity index (χ0v) is 26.4. The molecule has 0 unspecified atom stereocenters. The van der Waals surface area contributed by atoms with Crippen LogP contribution < -0.4 is 0 Å². The second kappa shape index (κ2) is 33.6. The lowest BCUT2D eigenvalue weighted by molar-refractivity contribution is -0.137. The lowest BCUT2D eigenvalue weighted by Crippen LogP contribution is -2.32. The summed E-state index contributed by atoms with van der Waals surface area (Å²) in [5.74, 6) is -0.649. The van der Waals surface area contributed by atoms with E-state index in [2.05, 4.69) is 6.92 Å². The fourth-order valence-electron chi connectivity index (χ4n) is 4.90. The van der Waals surface area contributed by atoms with Crippen LogP contribution in [0, 0.1) is 5.41 Å². The van der Waals surface area contributed by atoms with Gasteiger partial charge in [0.15, 0.2) is 0 Å². The molecule has 0 aromatic heterocycles. The molecular formula is C34H70O5. The molecule has 4 N–H and O–H groups in total. The van der Waals surface area contributed by atoms with Crippen LogP contribution in [0.15, 0.2) is 0 Å². The van der Waals surface area contributed by atoms with Gasteiger partial charge in [0, 0.05) is 11.8 Å². The molecule has 0 fully saturated rings. The molecule has 0 spiro atoms. The van der Waals surface area contributed by atoms with Gasteiger partial charge >= 0.3 is 5.97 Å². The lowest BCUT2D eigenvalue weighted by Gasteiger charge is -2.24. The van der Waals surface area contributed by atoms with Crippen LogP contribution in [0.5, 0.6) is 0 Å². The molecule has 0 heterocycles. The molecule has 39 heavy (non-hydrogen) atoms. The number of hydrogen-bond donors (Lipinski definition) is 4. The Kier molecular flexibility index (Phi) is 34.8. The molecule has 5 heteroatoms. The number of carboxylic acids is 1. The van der Waals surface area contributed by atoms with Crippen LogP contribution in [-0.2, 0) is 4.79 Å². The normalized spacial score (nSPS) is 11.4. The van der Waals surface area contributed by atoms with Gasteiger partial charge in [-0.25, -0.2) is 0 Å². The quantitative estimate of drug-likeness (QED) is 0.0658. The first-order valence-electron chi connectivity index (χ1n) is 17.1. The molecule has 0 atom stereocenters. The zero-order valence-electron chi connectivity index (χ0n) is 26.4. The van der Waals surface area contributed by atoms with E-state index < -0.39 is 11.4 Å². The fourth-order valence-corrected chi connectivity index (χ4v) is 4.90. The highest BCUT2D eigenvalue weighted by atomic mass is 16.4. The molecule has 5 nitrogen and oxygen atoms in total. The number of aliphatic hydroxyl groups is 3. The van der Waals surface area contributed by atoms with E-state index in [1.807, 2.05) is 6.92 Å². The third-order valence-electron chi connectivity index (χ3n) is 8.25. The average molecular weight is 559 g/mol. The number of rotatable bonds is 30. The first-order valence-corrected chi connectivity index (χ1v) is 17.1. The van der Waals surface area contributed by atoms with Crippen LogP contribution in [0.3, 0.4) is 0 Å². The fraction of sp³-hybridized carbons (Fsp3) is 0.971. The van der Waals surface area contributed by atoms with Crippen molar-refractivity contribution in [2.45, 2.75) is 187 Å². The SMILES string of the molecule is CCC(CO)(CO)CO.CCCCCCCCCCCCCCCCCCCCCCCCCCCC(=O)O. The van der Waals surface area contributed by atoms with Crippen molar-refractivity contribution in [1.82, 2.24) is 0 Å². The third-order valence-corrected chi connectivity index (χ3v) is 8.25. The van der Waals surface area contributed by atoms with Crippen LogP contribution in [0.1, 0.15) is 187 Å². The van der Waals surface area contributed by atoms with Gasteiger partial charge in [0.25, 0.3) is 0 Å². The molecule has 0 bridgehead atoms. The Balaban J connectivity index is 0. The van der Waals surface area contributed by atoms with Crippen molar-refractivity contribution in [2.24, 2.45) is 5.41 Å². The highest BCUT2D eigenvalue weighted by Crippen LogP contribution is 2.18. The van der Waals surface area contributed by atoms with E-state index in [9.17, 15) is 4.79 Å². The summed E-state index contributed by atoms with van der Waals surface area (Å²) in [6.07, 6.45) is 35.6. The van der Waals surface area contributed by atoms with Crippen LogP contribution in [0.2, 0.25) is 0 Å². The van der Waals surface area contributed by atoms with Gasteiger partial charge in [-0.15, -0.1) is 0 Å². The first-order chi connectivity index (χ1) is 19.0. The molecule has 0 saturated heterocycles. The van der Waals surface area contributed by atoms with Crippen molar-refractivity contribution in [3.63, 3.8) is 0 Å². The average Bonchev–Trinajstić information content (AvgIpc) is 2.95. The summed E-state index contributed by atoms with van der Waals surface area (Å²) in [5, 5.41) is 34.6. The Bertz CT molecular complexity index is 447. The van der Waals surface area contributed by atoms with Crippen molar-refractivity contribution in [2.75, 3.05) is 19.8 Å². The predicted molar refractivity (Wildman–Crippen MR) is 167 cm³/mol. The van der Waals surface area contributed by atoms with Gasteiger partial charge in [0.05, 0.1) is 19.8 Å². The van der Waals surface area contributed by atoms with Crippen molar-refractivity contribution >= 4 is 5.97 Å². The van der Waals surface area contributed by atoms with E-state index in [0.29, 0.717) is 12.8 Å². The molecule has 0 rings (SSSR count). The minimum Gasteiger partial charge on any atom is -0.481 e. The van der Waals surface area contributed by atoms with Gasteiger partial charge in [-0.2, -0.15) is 0 Å². The molecule has 0 aliphatic heterocycles. The summed E-state index contributed by atoms with van der Waals surface area (Å²) in [6, 6.07) is 0. The van der Waals surface area contributed by atoms with Crippen LogP contribution in [0.4, 0.5) is 0 Å². The monoisotopic (exact) mass is 559 g/mol. The molecule has 0 aromatic carbocycles. The van der Waals surface area contributed by atoms with Gasteiger partial charge in [-0.05, 0) is 12.8 Å². The summed E-state index contributed by atoms with van der Waals surface area (Å²) in [7, 11) is 0. The summed E-state index contributed by atoms with van der Waals surface area (Å²) in [5.41, 5.74) is -0.667. The second-order valence-electron chi connectivity index (χ2n) is 12.0. The molecular weight excluding hydrogens is 488 g/mol. The Morgan fingerprint density at radius 2 is 0.667 bits per heavy atom. The van der Waals surface area contributed by atoms with Crippen molar-refractivity contribution in [3.05, 3.63) is 0 Å². The Morgan fingerprint density at radius 3 is 0.821 bits per heavy atom. The van der Waals surface area contributed by atoms with E-state index in [-0.39, 0.29) is 19.8 Å². The number of hydrogen-bond acceptors (Lipinski definition) is 4. The second-order valence-corrected chi connectivity index (χ2v) is 12.0. The number of unbranched alkanes of at least 4 members (excludes halogenated alkanes) is 24. The van der Waals surface area contributed by atoms with Gasteiger partial charge in [-0.3, -0.25) is 4.79 Å². The van der Waals surface area contributed by atoms with Crippen LogP contribution in [-0.4, -0.2) is 46.2 Å². The largest absolute Gasteiger partial charge is 0.481 e. The Hall–Kier alpha value is -0.650. The number of aliphatic carboxylic acids is 1. The summed E-state index contributed by atoms with van der Waals surface area (Å²) in [6.45, 7) is 3.65. The Morgan fingerprint density at radius 1 is 0.436 bits per heavy atom. The minimum atomic E-state index is -0.667. The standard InChI is InChI=1S/C28H56O2.C6H14O3/c1-2-3-4-5-6-7-8-9-10-11-12-13-14-15-16-17-18-19-20-21-22-23-24-25-26-27-28(29)30;1-2-6(3-7,4-8)5-9/h2-27H2,1H3,(H,29,30);7-9H,2-5H2,1H3. The highest BCUT2D eigenvalue weighted by Gasteiger charge is 2.24. The predicted octanol–water partition coefficient (Wildman–Crippen LogP) is 9.59. The third kappa shape index (κ3) is 31.7. The Labute approximate surface area is 243 Å². The lowest BCUT2D eigenvalue weighted by atomic mass is 9.88. The van der Waals surface area contributed by atoms with Gasteiger partial charge in [0.2, 0.25) is 0 Å². The molecule has 0 amide bonds. The van der Waals surface area contributed by atoms with Gasteiger partial charge in [0.1, 0.15) is 0 Å². The van der Waals surface area contributed by atoms with E-state index >= 15 is 0 Å². The number of carbonyl (C=O) groups is 1. The molecule has 0 aliphatic carbocycles. The number of aliphatic hydroxyl groups excluding tert-OH is 3. The molecule has 236 valence electrons. The van der Waals surface area contributed by atoms with Crippen LogP contribution >= 0.6 is 0 Å². The maximum absolute atomic E-state index is 10.4. The van der Waals surface area contributed by atoms with E-state index in [1.54, 1.807) is 0 Å². The molecule has 0 saturated carbocycles. The van der Waals surface area contributed by atoms with Crippen LogP contribution in [0.25, 0.3) is 0 Å². The highest BCUT2D eigenvalue weighted by molar-refractivity contribution is 5.66. The summed E-state index contributed by atoms with van der Waals surface area (Å²) in [4.78, 5) is 10.4. The molecule has 0 radical (unpaired) electrons. The van der Waals surface area contributed by atoms with E-state index in [4.69, 9.17) is 20.4 Å². The van der Waals surface area contributed by atoms with Crippen molar-refractivity contribution in [3.8, 4) is 0 Å². The molecule has 0 aliphatic rings. The van der Waals surface area contributed by atoms with E-state index in [0.717, 1.165) is 12.8 Å². The maximum Gasteiger partial charge on any atom is 0.303 e. The number of carboxylic acid groups (broad SMARTS) is 1. The minimum absolute atomic E-state index is 0.156. The summed E-state index contributed by atoms with van der Waals surface area (Å²) >= 11 is 0. The first kappa shape index (κ1) is 40.5. The van der Waals surface area contributed by atoms with Crippen molar-refractivity contribution < 1.29 is 25.2 Å².